The molecule has 8 nitrogen and oxygen atoms in total. The summed E-state index contributed by atoms with van der Waals surface area (Å²) in [5, 5.41) is 8.45. The third-order valence-electron chi connectivity index (χ3n) is 4.42. The quantitative estimate of drug-likeness (QED) is 0.361. The van der Waals surface area contributed by atoms with Gasteiger partial charge in [0.25, 0.3) is 5.91 Å². The predicted octanol–water partition coefficient (Wildman–Crippen LogP) is 3.94. The largest absolute Gasteiger partial charge is 0.483 e. The van der Waals surface area contributed by atoms with Crippen molar-refractivity contribution in [1.82, 2.24) is 10.6 Å². The van der Waals surface area contributed by atoms with Crippen LogP contribution in [0.5, 0.6) is 5.75 Å². The number of benzene rings is 2. The first-order valence-corrected chi connectivity index (χ1v) is 9.57. The smallest absolute Gasteiger partial charge is 0.277 e. The maximum atomic E-state index is 12.4. The maximum Gasteiger partial charge on any atom is 0.277 e. The lowest BCUT2D eigenvalue weighted by Gasteiger charge is -2.11. The molecular formula is C22H16ClN3O5. The highest BCUT2D eigenvalue weighted by Crippen LogP contribution is 2.34. The van der Waals surface area contributed by atoms with Gasteiger partial charge in [0.2, 0.25) is 5.43 Å². The van der Waals surface area contributed by atoms with Crippen LogP contribution in [0.2, 0.25) is 5.02 Å². The van der Waals surface area contributed by atoms with Gasteiger partial charge in [-0.15, -0.1) is 0 Å². The van der Waals surface area contributed by atoms with Crippen molar-refractivity contribution in [1.29, 1.82) is 0 Å². The molecule has 0 aliphatic carbocycles. The van der Waals surface area contributed by atoms with Gasteiger partial charge < -0.3 is 13.7 Å². The van der Waals surface area contributed by atoms with Gasteiger partial charge in [-0.25, -0.2) is 5.43 Å². The highest BCUT2D eigenvalue weighted by molar-refractivity contribution is 6.31. The summed E-state index contributed by atoms with van der Waals surface area (Å²) in [6.45, 7) is 1.50. The van der Waals surface area contributed by atoms with Crippen LogP contribution < -0.4 is 15.6 Å². The summed E-state index contributed by atoms with van der Waals surface area (Å²) in [6, 6.07) is 11.9. The van der Waals surface area contributed by atoms with Gasteiger partial charge in [-0.1, -0.05) is 28.9 Å². The normalized spacial score (nSPS) is 11.2. The van der Waals surface area contributed by atoms with Crippen molar-refractivity contribution in [2.24, 2.45) is 5.10 Å². The summed E-state index contributed by atoms with van der Waals surface area (Å²) in [6.07, 6.45) is 4.01. The molecule has 0 spiro atoms. The highest BCUT2D eigenvalue weighted by Gasteiger charge is 2.14. The Morgan fingerprint density at radius 3 is 2.94 bits per heavy atom. The fraction of sp³-hybridized carbons (Fsp3) is 0.0909. The number of ether oxygens (including phenoxy) is 1. The van der Waals surface area contributed by atoms with Crippen LogP contribution in [0.3, 0.4) is 0 Å². The number of nitrogens with zero attached hydrogens (tertiary/aromatic N) is 2. The summed E-state index contributed by atoms with van der Waals surface area (Å²) in [7, 11) is 0. The predicted molar refractivity (Wildman–Crippen MR) is 115 cm³/mol. The Morgan fingerprint density at radius 1 is 1.29 bits per heavy atom. The fourth-order valence-corrected chi connectivity index (χ4v) is 3.02. The standard InChI is InChI=1S/C22H16ClN3O5/c1-13-8-20(16(9-17(13)23)19-6-7-25-31-19)30-12-21(27)26-24-10-14-11-29-18-5-3-2-4-15(18)22(14)28/h2-11H,12H2,1H3,(H,26,27)/b24-10+. The maximum absolute atomic E-state index is 12.4. The summed E-state index contributed by atoms with van der Waals surface area (Å²) in [5.74, 6) is 0.351. The number of carbonyl (C=O) groups is 1. The highest BCUT2D eigenvalue weighted by atomic mass is 35.5. The number of carbonyl (C=O) groups excluding carboxylic acids is 1. The van der Waals surface area contributed by atoms with Gasteiger partial charge in [-0.05, 0) is 36.8 Å². The van der Waals surface area contributed by atoms with Crippen LogP contribution in [0.1, 0.15) is 11.1 Å². The molecule has 2 heterocycles. The van der Waals surface area contributed by atoms with Crippen molar-refractivity contribution < 1.29 is 18.5 Å². The van der Waals surface area contributed by atoms with Crippen molar-refractivity contribution in [3.8, 4) is 17.1 Å². The van der Waals surface area contributed by atoms with Crippen molar-refractivity contribution in [3.05, 3.63) is 81.3 Å². The number of fused-ring (bicyclic) bond motifs is 1. The Bertz CT molecular complexity index is 1330. The monoisotopic (exact) mass is 437 g/mol. The minimum absolute atomic E-state index is 0.209. The average Bonchev–Trinajstić information content (AvgIpc) is 3.31. The number of hydrogen-bond acceptors (Lipinski definition) is 7. The summed E-state index contributed by atoms with van der Waals surface area (Å²) in [4.78, 5) is 24.6. The molecule has 2 aromatic carbocycles. The summed E-state index contributed by atoms with van der Waals surface area (Å²) >= 11 is 6.19. The molecule has 0 fully saturated rings. The Morgan fingerprint density at radius 2 is 2.13 bits per heavy atom. The Hall–Kier alpha value is -3.91. The number of hydrazone groups is 1. The first-order valence-electron chi connectivity index (χ1n) is 9.19. The lowest BCUT2D eigenvalue weighted by molar-refractivity contribution is -0.123. The minimum atomic E-state index is -0.516. The number of halogens is 1. The lowest BCUT2D eigenvalue weighted by Crippen LogP contribution is -2.25. The van der Waals surface area contributed by atoms with Crippen LogP contribution in [-0.2, 0) is 4.79 Å². The van der Waals surface area contributed by atoms with Gasteiger partial charge in [0, 0.05) is 11.1 Å². The van der Waals surface area contributed by atoms with Crippen molar-refractivity contribution in [2.75, 3.05) is 6.61 Å². The van der Waals surface area contributed by atoms with Crippen LogP contribution in [0.4, 0.5) is 0 Å². The zero-order valence-electron chi connectivity index (χ0n) is 16.3. The summed E-state index contributed by atoms with van der Waals surface area (Å²) < 4.78 is 16.2. The third-order valence-corrected chi connectivity index (χ3v) is 4.83. The molecule has 9 heteroatoms. The molecule has 2 aromatic heterocycles. The summed E-state index contributed by atoms with van der Waals surface area (Å²) in [5.41, 5.74) is 4.10. The molecule has 0 aliphatic rings. The Balaban J connectivity index is 1.43. The minimum Gasteiger partial charge on any atom is -0.483 e. The number of para-hydroxylation sites is 1. The molecule has 0 radical (unpaired) electrons. The van der Waals surface area contributed by atoms with E-state index in [0.717, 1.165) is 5.56 Å². The molecule has 0 unspecified atom stereocenters. The van der Waals surface area contributed by atoms with Gasteiger partial charge in [0.15, 0.2) is 12.4 Å². The van der Waals surface area contributed by atoms with E-state index in [1.807, 2.05) is 6.92 Å². The SMILES string of the molecule is Cc1cc(OCC(=O)N/N=C/c2coc3ccccc3c2=O)c(-c2ccno2)cc1Cl. The van der Waals surface area contributed by atoms with Gasteiger partial charge in [-0.2, -0.15) is 5.10 Å². The number of aromatic nitrogens is 1. The molecule has 1 amide bonds. The molecule has 4 aromatic rings. The van der Waals surface area contributed by atoms with Crippen LogP contribution in [0.25, 0.3) is 22.3 Å². The number of amides is 1. The lowest BCUT2D eigenvalue weighted by atomic mass is 10.1. The van der Waals surface area contributed by atoms with E-state index in [-0.39, 0.29) is 17.6 Å². The van der Waals surface area contributed by atoms with E-state index in [1.54, 1.807) is 42.5 Å². The van der Waals surface area contributed by atoms with Crippen molar-refractivity contribution in [3.63, 3.8) is 0 Å². The van der Waals surface area contributed by atoms with E-state index in [1.165, 1.54) is 18.7 Å². The third kappa shape index (κ3) is 4.49. The molecule has 0 aliphatic heterocycles. The van der Waals surface area contributed by atoms with Crippen LogP contribution in [0.15, 0.2) is 73.8 Å². The number of nitrogens with one attached hydrogen (secondary N) is 1. The topological polar surface area (TPSA) is 107 Å². The van der Waals surface area contributed by atoms with E-state index in [0.29, 0.717) is 33.1 Å². The van der Waals surface area contributed by atoms with Crippen LogP contribution >= 0.6 is 11.6 Å². The molecule has 4 rings (SSSR count). The van der Waals surface area contributed by atoms with Gasteiger partial charge in [0.1, 0.15) is 17.6 Å². The van der Waals surface area contributed by atoms with E-state index >= 15 is 0 Å². The van der Waals surface area contributed by atoms with Crippen LogP contribution in [0, 0.1) is 6.92 Å². The van der Waals surface area contributed by atoms with Gasteiger partial charge >= 0.3 is 0 Å². The van der Waals surface area contributed by atoms with E-state index in [4.69, 9.17) is 25.3 Å². The second-order valence-electron chi connectivity index (χ2n) is 6.57. The molecule has 0 saturated carbocycles. The molecule has 31 heavy (non-hydrogen) atoms. The zero-order valence-corrected chi connectivity index (χ0v) is 17.1. The van der Waals surface area contributed by atoms with Crippen molar-refractivity contribution in [2.45, 2.75) is 6.92 Å². The van der Waals surface area contributed by atoms with Gasteiger partial charge in [0.05, 0.1) is 28.9 Å². The Kier molecular flexibility index (Phi) is 5.81. The number of hydrogen-bond donors (Lipinski definition) is 1. The first kappa shape index (κ1) is 20.4. The zero-order chi connectivity index (χ0) is 21.8. The molecule has 1 N–H and O–H groups in total. The van der Waals surface area contributed by atoms with E-state index in [2.05, 4.69) is 15.7 Å². The van der Waals surface area contributed by atoms with E-state index < -0.39 is 5.91 Å². The second kappa shape index (κ2) is 8.85. The molecule has 0 bridgehead atoms. The van der Waals surface area contributed by atoms with E-state index in [9.17, 15) is 9.59 Å². The van der Waals surface area contributed by atoms with Crippen LogP contribution in [-0.4, -0.2) is 23.9 Å². The molecular weight excluding hydrogens is 422 g/mol. The second-order valence-corrected chi connectivity index (χ2v) is 6.98. The average molecular weight is 438 g/mol. The fourth-order valence-electron chi connectivity index (χ4n) is 2.85. The molecule has 0 saturated heterocycles. The van der Waals surface area contributed by atoms with Crippen molar-refractivity contribution >= 4 is 34.7 Å². The molecule has 0 atom stereocenters. The number of rotatable bonds is 6. The first-order chi connectivity index (χ1) is 15.0. The Labute approximate surface area is 181 Å². The van der Waals surface area contributed by atoms with Gasteiger partial charge in [-0.3, -0.25) is 9.59 Å². The number of aryl methyl sites for hydroxylation is 1. The molecule has 156 valence electrons.